The molecule has 27 heavy (non-hydrogen) atoms. The lowest BCUT2D eigenvalue weighted by Crippen LogP contribution is -2.30. The Morgan fingerprint density at radius 2 is 1.63 bits per heavy atom. The summed E-state index contributed by atoms with van der Waals surface area (Å²) in [5.74, 6) is -1.42. The average molecular weight is 371 g/mol. The predicted octanol–water partition coefficient (Wildman–Crippen LogP) is 3.48. The molecule has 5 heteroatoms. The van der Waals surface area contributed by atoms with Crippen molar-refractivity contribution in [3.8, 4) is 0 Å². The highest BCUT2D eigenvalue weighted by atomic mass is 16.3. The fourth-order valence-electron chi connectivity index (χ4n) is 2.57. The number of carbonyl (C=O) groups excluding carboxylic acids is 3. The van der Waals surface area contributed by atoms with Crippen molar-refractivity contribution < 1.29 is 19.5 Å². The Kier molecular flexibility index (Phi) is 9.37. The number of ketones is 2. The van der Waals surface area contributed by atoms with E-state index >= 15 is 0 Å². The first kappa shape index (κ1) is 22.5. The molecule has 0 spiro atoms. The van der Waals surface area contributed by atoms with Crippen LogP contribution in [0.3, 0.4) is 0 Å². The summed E-state index contributed by atoms with van der Waals surface area (Å²) < 4.78 is 0. The summed E-state index contributed by atoms with van der Waals surface area (Å²) >= 11 is 0. The van der Waals surface area contributed by atoms with E-state index in [-0.39, 0.29) is 11.3 Å². The van der Waals surface area contributed by atoms with E-state index in [2.05, 4.69) is 38.2 Å². The van der Waals surface area contributed by atoms with Crippen molar-refractivity contribution in [3.05, 3.63) is 58.4 Å². The molecule has 0 radical (unpaired) electrons. The molecule has 5 nitrogen and oxygen atoms in total. The lowest BCUT2D eigenvalue weighted by Gasteiger charge is -2.12. The van der Waals surface area contributed by atoms with Crippen LogP contribution in [0, 0.1) is 0 Å². The Hall–Kier alpha value is -2.53. The van der Waals surface area contributed by atoms with Crippen LogP contribution in [-0.2, 0) is 14.4 Å². The third-order valence-electron chi connectivity index (χ3n) is 4.07. The number of rotatable bonds is 9. The molecule has 0 atom stereocenters. The summed E-state index contributed by atoms with van der Waals surface area (Å²) in [7, 11) is 0. The van der Waals surface area contributed by atoms with Crippen LogP contribution in [0.1, 0.15) is 53.4 Å². The van der Waals surface area contributed by atoms with E-state index in [1.54, 1.807) is 0 Å². The summed E-state index contributed by atoms with van der Waals surface area (Å²) in [4.78, 5) is 35.6. The molecule has 2 N–H and O–H groups in total. The van der Waals surface area contributed by atoms with E-state index in [9.17, 15) is 14.4 Å². The zero-order valence-electron chi connectivity index (χ0n) is 16.6. The maximum Gasteiger partial charge on any atom is 0.248 e. The summed E-state index contributed by atoms with van der Waals surface area (Å²) in [5.41, 5.74) is 3.41. The third kappa shape index (κ3) is 8.60. The first-order valence-electron chi connectivity index (χ1n) is 9.12. The largest absolute Gasteiger partial charge is 0.392 e. The maximum atomic E-state index is 12.1. The quantitative estimate of drug-likeness (QED) is 0.369. The molecule has 1 amide bonds. The van der Waals surface area contributed by atoms with E-state index in [1.165, 1.54) is 17.2 Å². The van der Waals surface area contributed by atoms with Crippen LogP contribution < -0.4 is 5.32 Å². The van der Waals surface area contributed by atoms with Gasteiger partial charge in [-0.25, -0.2) is 0 Å². The Morgan fingerprint density at radius 3 is 2.26 bits per heavy atom. The van der Waals surface area contributed by atoms with Crippen molar-refractivity contribution in [2.75, 3.05) is 6.61 Å². The highest BCUT2D eigenvalue weighted by Crippen LogP contribution is 2.13. The molecule has 0 aromatic carbocycles. The van der Waals surface area contributed by atoms with Gasteiger partial charge in [0.15, 0.2) is 5.78 Å². The number of aliphatic hydroxyl groups is 1. The minimum absolute atomic E-state index is 0.0211. The summed E-state index contributed by atoms with van der Waals surface area (Å²) in [6.07, 6.45) is 11.6. The Balaban J connectivity index is 2.53. The zero-order valence-corrected chi connectivity index (χ0v) is 16.6. The van der Waals surface area contributed by atoms with Crippen LogP contribution in [0.5, 0.6) is 0 Å². The molecule has 0 fully saturated rings. The maximum absolute atomic E-state index is 12.1. The normalized spacial score (nSPS) is 15.3. The van der Waals surface area contributed by atoms with Crippen molar-refractivity contribution in [1.82, 2.24) is 5.32 Å². The zero-order chi connectivity index (χ0) is 20.4. The second-order valence-corrected chi connectivity index (χ2v) is 7.01. The van der Waals surface area contributed by atoms with Crippen LogP contribution >= 0.6 is 0 Å². The lowest BCUT2D eigenvalue weighted by atomic mass is 10.0. The minimum atomic E-state index is -0.536. The SMILES string of the molecule is CC(C)=CCCC(C)=CCCC(C)=CC(=O)NC1=CC(=O)C=C(CO)C1=O. The van der Waals surface area contributed by atoms with Crippen molar-refractivity contribution in [3.63, 3.8) is 0 Å². The summed E-state index contributed by atoms with van der Waals surface area (Å²) in [6.45, 7) is 7.60. The van der Waals surface area contributed by atoms with Crippen LogP contribution in [0.2, 0.25) is 0 Å². The van der Waals surface area contributed by atoms with Gasteiger partial charge in [-0.05, 0) is 59.5 Å². The van der Waals surface area contributed by atoms with Gasteiger partial charge in [0.2, 0.25) is 11.7 Å². The van der Waals surface area contributed by atoms with Gasteiger partial charge in [0.1, 0.15) is 0 Å². The molecule has 0 saturated carbocycles. The third-order valence-corrected chi connectivity index (χ3v) is 4.07. The molecule has 0 bridgehead atoms. The smallest absolute Gasteiger partial charge is 0.248 e. The van der Waals surface area contributed by atoms with Gasteiger partial charge in [-0.3, -0.25) is 14.4 Å². The summed E-state index contributed by atoms with van der Waals surface area (Å²) in [5, 5.41) is 11.5. The van der Waals surface area contributed by atoms with Gasteiger partial charge < -0.3 is 10.4 Å². The van der Waals surface area contributed by atoms with Crippen LogP contribution in [0.15, 0.2) is 58.4 Å². The van der Waals surface area contributed by atoms with Crippen molar-refractivity contribution in [1.29, 1.82) is 0 Å². The Labute approximate surface area is 161 Å². The average Bonchev–Trinajstić information content (AvgIpc) is 2.57. The van der Waals surface area contributed by atoms with Gasteiger partial charge in [0, 0.05) is 17.7 Å². The number of aliphatic hydroxyl groups excluding tert-OH is 1. The topological polar surface area (TPSA) is 83.5 Å². The standard InChI is InChI=1S/C22H29NO4/c1-15(2)7-5-8-16(3)9-6-10-17(4)11-21(26)23-20-13-19(25)12-18(14-24)22(20)27/h7,9,11-13,24H,5-6,8,10,14H2,1-4H3,(H,23,26). The highest BCUT2D eigenvalue weighted by Gasteiger charge is 2.22. The number of Topliss-reactive ketones (excluding diaryl/α,β-unsaturated/α-hetero) is 1. The molecule has 0 aromatic heterocycles. The molecular formula is C22H29NO4. The highest BCUT2D eigenvalue weighted by molar-refractivity contribution is 6.21. The van der Waals surface area contributed by atoms with Crippen molar-refractivity contribution in [2.45, 2.75) is 53.4 Å². The van der Waals surface area contributed by atoms with Crippen LogP contribution in [-0.4, -0.2) is 29.2 Å². The molecule has 0 saturated heterocycles. The molecule has 0 unspecified atom stereocenters. The lowest BCUT2D eigenvalue weighted by molar-refractivity contribution is -0.119. The van der Waals surface area contributed by atoms with Crippen LogP contribution in [0.25, 0.3) is 0 Å². The first-order valence-corrected chi connectivity index (χ1v) is 9.12. The van der Waals surface area contributed by atoms with E-state index in [1.807, 2.05) is 6.92 Å². The molecule has 0 heterocycles. The molecule has 0 aliphatic heterocycles. The van der Waals surface area contributed by atoms with Gasteiger partial charge in [0.25, 0.3) is 0 Å². The van der Waals surface area contributed by atoms with E-state index in [0.717, 1.165) is 43.4 Å². The molecule has 1 aliphatic carbocycles. The van der Waals surface area contributed by atoms with Gasteiger partial charge in [-0.15, -0.1) is 0 Å². The van der Waals surface area contributed by atoms with Crippen molar-refractivity contribution >= 4 is 17.5 Å². The number of hydrogen-bond acceptors (Lipinski definition) is 4. The summed E-state index contributed by atoms with van der Waals surface area (Å²) in [6, 6.07) is 0. The second-order valence-electron chi connectivity index (χ2n) is 7.01. The van der Waals surface area contributed by atoms with E-state index in [4.69, 9.17) is 5.11 Å². The van der Waals surface area contributed by atoms with Crippen molar-refractivity contribution in [2.24, 2.45) is 0 Å². The van der Waals surface area contributed by atoms with Gasteiger partial charge in [-0.1, -0.05) is 28.9 Å². The number of nitrogens with one attached hydrogen (secondary N) is 1. The second kappa shape index (κ2) is 11.2. The van der Waals surface area contributed by atoms with Gasteiger partial charge in [-0.2, -0.15) is 0 Å². The Bertz CT molecular complexity index is 744. The van der Waals surface area contributed by atoms with E-state index in [0.29, 0.717) is 0 Å². The van der Waals surface area contributed by atoms with Crippen LogP contribution in [0.4, 0.5) is 0 Å². The monoisotopic (exact) mass is 371 g/mol. The van der Waals surface area contributed by atoms with Gasteiger partial charge in [0.05, 0.1) is 12.3 Å². The number of amides is 1. The number of carbonyl (C=O) groups is 3. The molecule has 1 aliphatic rings. The van der Waals surface area contributed by atoms with Gasteiger partial charge >= 0.3 is 0 Å². The number of allylic oxidation sites excluding steroid dienone is 8. The fraction of sp³-hybridized carbons (Fsp3) is 0.409. The Morgan fingerprint density at radius 1 is 1.00 bits per heavy atom. The van der Waals surface area contributed by atoms with E-state index < -0.39 is 24.1 Å². The molecule has 0 aromatic rings. The first-order chi connectivity index (χ1) is 12.7. The number of hydrogen-bond donors (Lipinski definition) is 2. The minimum Gasteiger partial charge on any atom is -0.392 e. The molecular weight excluding hydrogens is 342 g/mol. The fourth-order valence-corrected chi connectivity index (χ4v) is 2.57. The molecule has 146 valence electrons. The molecule has 1 rings (SSSR count). The predicted molar refractivity (Wildman–Crippen MR) is 107 cm³/mol.